The summed E-state index contributed by atoms with van der Waals surface area (Å²) in [6.07, 6.45) is 0. The summed E-state index contributed by atoms with van der Waals surface area (Å²) in [6.45, 7) is 7.50. The Bertz CT molecular complexity index is 454. The van der Waals surface area contributed by atoms with E-state index >= 15 is 0 Å². The molecule has 2 fully saturated rings. The first kappa shape index (κ1) is 15.2. The molecule has 8 heteroatoms. The molecule has 0 aromatic carbocycles. The van der Waals surface area contributed by atoms with E-state index in [1.807, 2.05) is 4.90 Å². The van der Waals surface area contributed by atoms with Crippen molar-refractivity contribution in [1.82, 2.24) is 25.3 Å². The van der Waals surface area contributed by atoms with E-state index < -0.39 is 0 Å². The number of carbonyl (C=O) groups is 1. The molecule has 0 spiro atoms. The fourth-order valence-electron chi connectivity index (χ4n) is 2.45. The number of piperazine rings is 1. The van der Waals surface area contributed by atoms with Gasteiger partial charge in [-0.25, -0.2) is 0 Å². The predicted octanol–water partition coefficient (Wildman–Crippen LogP) is -0.337. The number of halogens is 1. The van der Waals surface area contributed by atoms with Crippen LogP contribution < -0.4 is 5.32 Å². The molecular formula is C12H20ClN5O2. The van der Waals surface area contributed by atoms with Gasteiger partial charge in [0.2, 0.25) is 11.8 Å². The number of nitrogens with one attached hydrogen (secondary N) is 1. The molecule has 20 heavy (non-hydrogen) atoms. The maximum atomic E-state index is 12.1. The van der Waals surface area contributed by atoms with Crippen molar-refractivity contribution in [2.75, 3.05) is 39.3 Å². The summed E-state index contributed by atoms with van der Waals surface area (Å²) < 4.78 is 4.96. The van der Waals surface area contributed by atoms with Crippen LogP contribution >= 0.6 is 12.4 Å². The van der Waals surface area contributed by atoms with E-state index in [4.69, 9.17) is 4.52 Å². The molecule has 0 unspecified atom stereocenters. The average molecular weight is 302 g/mol. The van der Waals surface area contributed by atoms with Crippen molar-refractivity contribution < 1.29 is 9.32 Å². The Morgan fingerprint density at radius 1 is 1.35 bits per heavy atom. The SMILES string of the molecule is Cc1nc(CN2CCN(C(=O)C3CNC3)CC2)no1.Cl. The molecule has 1 amide bonds. The largest absolute Gasteiger partial charge is 0.340 e. The lowest BCUT2D eigenvalue weighted by Crippen LogP contribution is -2.56. The number of nitrogens with zero attached hydrogens (tertiary/aromatic N) is 4. The molecule has 2 saturated heterocycles. The van der Waals surface area contributed by atoms with Crippen LogP contribution in [0.3, 0.4) is 0 Å². The van der Waals surface area contributed by atoms with Crippen LogP contribution in [0.1, 0.15) is 11.7 Å². The fraction of sp³-hybridized carbons (Fsp3) is 0.750. The van der Waals surface area contributed by atoms with Gasteiger partial charge in [-0.15, -0.1) is 12.4 Å². The van der Waals surface area contributed by atoms with Gasteiger partial charge in [0, 0.05) is 46.2 Å². The van der Waals surface area contributed by atoms with E-state index in [-0.39, 0.29) is 18.3 Å². The third-order valence-electron chi connectivity index (χ3n) is 3.75. The van der Waals surface area contributed by atoms with Crippen LogP contribution in [0.5, 0.6) is 0 Å². The summed E-state index contributed by atoms with van der Waals surface area (Å²) in [5, 5.41) is 7.04. The molecular weight excluding hydrogens is 282 g/mol. The van der Waals surface area contributed by atoms with Crippen LogP contribution in [0.2, 0.25) is 0 Å². The zero-order valence-corrected chi connectivity index (χ0v) is 12.4. The van der Waals surface area contributed by atoms with E-state index in [1.54, 1.807) is 6.92 Å². The van der Waals surface area contributed by atoms with E-state index in [1.165, 1.54) is 0 Å². The lowest BCUT2D eigenvalue weighted by atomic mass is 10.0. The maximum Gasteiger partial charge on any atom is 0.228 e. The van der Waals surface area contributed by atoms with Crippen molar-refractivity contribution in [2.45, 2.75) is 13.5 Å². The summed E-state index contributed by atoms with van der Waals surface area (Å²) in [6, 6.07) is 0. The molecule has 0 bridgehead atoms. The lowest BCUT2D eigenvalue weighted by Gasteiger charge is -2.38. The number of aromatic nitrogens is 2. The van der Waals surface area contributed by atoms with Crippen molar-refractivity contribution in [3.8, 4) is 0 Å². The first-order valence-corrected chi connectivity index (χ1v) is 6.73. The predicted molar refractivity (Wildman–Crippen MR) is 74.5 cm³/mol. The van der Waals surface area contributed by atoms with Gasteiger partial charge in [0.15, 0.2) is 5.82 Å². The zero-order chi connectivity index (χ0) is 13.2. The molecule has 112 valence electrons. The minimum absolute atomic E-state index is 0. The number of amides is 1. The summed E-state index contributed by atoms with van der Waals surface area (Å²) >= 11 is 0. The Morgan fingerprint density at radius 2 is 2.05 bits per heavy atom. The first-order chi connectivity index (χ1) is 9.22. The summed E-state index contributed by atoms with van der Waals surface area (Å²) in [5.41, 5.74) is 0. The van der Waals surface area contributed by atoms with E-state index in [0.29, 0.717) is 18.3 Å². The highest BCUT2D eigenvalue weighted by molar-refractivity contribution is 5.85. The normalized spacial score (nSPS) is 20.4. The maximum absolute atomic E-state index is 12.1. The van der Waals surface area contributed by atoms with Crippen molar-refractivity contribution in [3.63, 3.8) is 0 Å². The Morgan fingerprint density at radius 3 is 2.55 bits per heavy atom. The van der Waals surface area contributed by atoms with Crippen LogP contribution in [0, 0.1) is 12.8 Å². The van der Waals surface area contributed by atoms with E-state index in [2.05, 4.69) is 20.4 Å². The summed E-state index contributed by atoms with van der Waals surface area (Å²) in [5.74, 6) is 1.82. The third kappa shape index (κ3) is 3.28. The highest BCUT2D eigenvalue weighted by Crippen LogP contribution is 2.12. The lowest BCUT2D eigenvalue weighted by molar-refractivity contribution is -0.138. The van der Waals surface area contributed by atoms with Gasteiger partial charge in [-0.2, -0.15) is 4.98 Å². The van der Waals surface area contributed by atoms with E-state index in [0.717, 1.165) is 45.1 Å². The number of carbonyl (C=O) groups excluding carboxylic acids is 1. The van der Waals surface area contributed by atoms with Crippen molar-refractivity contribution in [3.05, 3.63) is 11.7 Å². The van der Waals surface area contributed by atoms with Crippen LogP contribution in [0.4, 0.5) is 0 Å². The monoisotopic (exact) mass is 301 g/mol. The first-order valence-electron chi connectivity index (χ1n) is 6.73. The second kappa shape index (κ2) is 6.51. The van der Waals surface area contributed by atoms with Gasteiger partial charge < -0.3 is 14.7 Å². The standard InChI is InChI=1S/C12H19N5O2.ClH/c1-9-14-11(15-19-9)8-16-2-4-17(5-3-16)12(18)10-6-13-7-10;/h10,13H,2-8H2,1H3;1H. The quantitative estimate of drug-likeness (QED) is 0.823. The Hall–Kier alpha value is -1.18. The van der Waals surface area contributed by atoms with Gasteiger partial charge in [0.25, 0.3) is 0 Å². The highest BCUT2D eigenvalue weighted by atomic mass is 35.5. The molecule has 0 radical (unpaired) electrons. The van der Waals surface area contributed by atoms with Crippen molar-refractivity contribution >= 4 is 18.3 Å². The van der Waals surface area contributed by atoms with Gasteiger partial charge in [-0.05, 0) is 0 Å². The molecule has 3 heterocycles. The molecule has 2 aliphatic rings. The third-order valence-corrected chi connectivity index (χ3v) is 3.75. The minimum Gasteiger partial charge on any atom is -0.340 e. The Labute approximate surface area is 124 Å². The zero-order valence-electron chi connectivity index (χ0n) is 11.5. The van der Waals surface area contributed by atoms with Crippen molar-refractivity contribution in [2.24, 2.45) is 5.92 Å². The van der Waals surface area contributed by atoms with Crippen LogP contribution in [-0.4, -0.2) is 65.1 Å². The topological polar surface area (TPSA) is 74.5 Å². The molecule has 3 rings (SSSR count). The average Bonchev–Trinajstić information content (AvgIpc) is 2.73. The fourth-order valence-corrected chi connectivity index (χ4v) is 2.45. The van der Waals surface area contributed by atoms with Gasteiger partial charge in [0.1, 0.15) is 0 Å². The number of hydrogen-bond acceptors (Lipinski definition) is 6. The molecule has 1 N–H and O–H groups in total. The van der Waals surface area contributed by atoms with Crippen molar-refractivity contribution in [1.29, 1.82) is 0 Å². The van der Waals surface area contributed by atoms with Crippen LogP contribution in [0.15, 0.2) is 4.52 Å². The number of hydrogen-bond donors (Lipinski definition) is 1. The molecule has 1 aromatic heterocycles. The molecule has 0 atom stereocenters. The molecule has 1 aromatic rings. The molecule has 0 aliphatic carbocycles. The second-order valence-electron chi connectivity index (χ2n) is 5.19. The minimum atomic E-state index is 0. The second-order valence-corrected chi connectivity index (χ2v) is 5.19. The summed E-state index contributed by atoms with van der Waals surface area (Å²) in [7, 11) is 0. The van der Waals surface area contributed by atoms with Crippen LogP contribution in [-0.2, 0) is 11.3 Å². The van der Waals surface area contributed by atoms with Gasteiger partial charge >= 0.3 is 0 Å². The summed E-state index contributed by atoms with van der Waals surface area (Å²) in [4.78, 5) is 20.5. The van der Waals surface area contributed by atoms with Gasteiger partial charge in [-0.3, -0.25) is 9.69 Å². The Balaban J connectivity index is 0.00000147. The van der Waals surface area contributed by atoms with Gasteiger partial charge in [0.05, 0.1) is 12.5 Å². The molecule has 2 aliphatic heterocycles. The number of aryl methyl sites for hydroxylation is 1. The number of rotatable bonds is 3. The highest BCUT2D eigenvalue weighted by Gasteiger charge is 2.31. The Kier molecular flexibility index (Phi) is 4.95. The molecule has 7 nitrogen and oxygen atoms in total. The molecule has 0 saturated carbocycles. The van der Waals surface area contributed by atoms with E-state index in [9.17, 15) is 4.79 Å². The van der Waals surface area contributed by atoms with Gasteiger partial charge in [-0.1, -0.05) is 5.16 Å². The smallest absolute Gasteiger partial charge is 0.228 e. The van der Waals surface area contributed by atoms with Crippen LogP contribution in [0.25, 0.3) is 0 Å².